The van der Waals surface area contributed by atoms with E-state index in [9.17, 15) is 14.9 Å². The van der Waals surface area contributed by atoms with Crippen LogP contribution in [-0.4, -0.2) is 36.1 Å². The van der Waals surface area contributed by atoms with Gasteiger partial charge in [0.2, 0.25) is 5.75 Å². The average Bonchev–Trinajstić information content (AvgIpc) is 2.62. The maximum absolute atomic E-state index is 12.3. The third-order valence-corrected chi connectivity index (χ3v) is 3.48. The summed E-state index contributed by atoms with van der Waals surface area (Å²) in [4.78, 5) is 26.6. The highest BCUT2D eigenvalue weighted by Crippen LogP contribution is 2.30. The summed E-state index contributed by atoms with van der Waals surface area (Å²) < 4.78 is 15.7. The topological polar surface area (TPSA) is 113 Å². The summed E-state index contributed by atoms with van der Waals surface area (Å²) in [6, 6.07) is 7.87. The number of carbonyl (C=O) groups excluding carboxylic acids is 1. The number of nitrogens with zero attached hydrogens (tertiary/aromatic N) is 2. The Morgan fingerprint density at radius 1 is 1.15 bits per heavy atom. The van der Waals surface area contributed by atoms with Crippen LogP contribution in [0.25, 0.3) is 0 Å². The van der Waals surface area contributed by atoms with Crippen LogP contribution in [0.5, 0.6) is 17.2 Å². The van der Waals surface area contributed by atoms with Crippen molar-refractivity contribution in [2.75, 3.05) is 19.5 Å². The van der Waals surface area contributed by atoms with Crippen molar-refractivity contribution in [2.45, 2.75) is 20.0 Å². The lowest BCUT2D eigenvalue weighted by Gasteiger charge is -2.15. The lowest BCUT2D eigenvalue weighted by Crippen LogP contribution is -2.30. The van der Waals surface area contributed by atoms with Crippen molar-refractivity contribution in [3.8, 4) is 17.2 Å². The number of ether oxygens (including phenoxy) is 3. The Labute approximate surface area is 150 Å². The van der Waals surface area contributed by atoms with Crippen molar-refractivity contribution in [1.29, 1.82) is 0 Å². The van der Waals surface area contributed by atoms with Crippen LogP contribution in [-0.2, 0) is 4.79 Å². The molecule has 0 fully saturated rings. The maximum atomic E-state index is 12.3. The van der Waals surface area contributed by atoms with Crippen LogP contribution in [0, 0.1) is 17.0 Å². The zero-order valence-corrected chi connectivity index (χ0v) is 14.8. The van der Waals surface area contributed by atoms with Gasteiger partial charge in [0.25, 0.3) is 5.91 Å². The third kappa shape index (κ3) is 4.38. The average molecular weight is 361 g/mol. The number of hydrogen-bond acceptors (Lipinski definition) is 7. The van der Waals surface area contributed by atoms with Gasteiger partial charge in [-0.2, -0.15) is 0 Å². The van der Waals surface area contributed by atoms with E-state index in [-0.39, 0.29) is 5.75 Å². The first-order chi connectivity index (χ1) is 12.3. The first-order valence-electron chi connectivity index (χ1n) is 7.67. The van der Waals surface area contributed by atoms with Gasteiger partial charge < -0.3 is 29.6 Å². The zero-order chi connectivity index (χ0) is 19.3. The number of methoxy groups -OCH3 is 2. The van der Waals surface area contributed by atoms with Gasteiger partial charge in [0.05, 0.1) is 14.2 Å². The lowest BCUT2D eigenvalue weighted by molar-refractivity contribution is -0.390. The molecule has 1 heterocycles. The van der Waals surface area contributed by atoms with Gasteiger partial charge in [0, 0.05) is 18.7 Å². The van der Waals surface area contributed by atoms with E-state index in [1.807, 2.05) is 0 Å². The van der Waals surface area contributed by atoms with Crippen LogP contribution in [0.3, 0.4) is 0 Å². The van der Waals surface area contributed by atoms with E-state index >= 15 is 0 Å². The Kier molecular flexibility index (Phi) is 5.94. The molecule has 1 aromatic heterocycles. The monoisotopic (exact) mass is 361 g/mol. The van der Waals surface area contributed by atoms with Gasteiger partial charge in [-0.05, 0) is 41.1 Å². The predicted octanol–water partition coefficient (Wildman–Crippen LogP) is 2.72. The minimum atomic E-state index is -0.980. The smallest absolute Gasteiger partial charge is 0.406 e. The largest absolute Gasteiger partial charge is 0.493 e. The summed E-state index contributed by atoms with van der Waals surface area (Å²) in [7, 11) is 2.99. The van der Waals surface area contributed by atoms with Crippen molar-refractivity contribution >= 4 is 17.4 Å². The molecule has 1 atom stereocenters. The fourth-order valence-electron chi connectivity index (χ4n) is 2.15. The van der Waals surface area contributed by atoms with E-state index in [2.05, 4.69) is 10.3 Å². The van der Waals surface area contributed by atoms with Crippen molar-refractivity contribution in [2.24, 2.45) is 0 Å². The summed E-state index contributed by atoms with van der Waals surface area (Å²) >= 11 is 0. The van der Waals surface area contributed by atoms with Crippen LogP contribution in [0.1, 0.15) is 12.6 Å². The summed E-state index contributed by atoms with van der Waals surface area (Å²) in [5, 5.41) is 13.7. The molecule has 0 radical (unpaired) electrons. The van der Waals surface area contributed by atoms with E-state index in [0.29, 0.717) is 22.9 Å². The Bertz CT molecular complexity index is 824. The molecule has 0 aliphatic rings. The molecule has 2 rings (SSSR count). The van der Waals surface area contributed by atoms with Gasteiger partial charge in [0.1, 0.15) is 5.69 Å². The van der Waals surface area contributed by atoms with Crippen LogP contribution >= 0.6 is 0 Å². The summed E-state index contributed by atoms with van der Waals surface area (Å²) in [5.41, 5.74) is 0.950. The summed E-state index contributed by atoms with van der Waals surface area (Å²) in [6.07, 6.45) is -0.980. The van der Waals surface area contributed by atoms with E-state index < -0.39 is 22.8 Å². The molecule has 9 nitrogen and oxygen atoms in total. The number of carbonyl (C=O) groups is 1. The molecule has 0 spiro atoms. The quantitative estimate of drug-likeness (QED) is 0.596. The normalized spacial score (nSPS) is 11.4. The lowest BCUT2D eigenvalue weighted by atomic mass is 10.2. The minimum absolute atomic E-state index is 0.0736. The molecule has 1 aromatic carbocycles. The van der Waals surface area contributed by atoms with E-state index in [0.717, 1.165) is 0 Å². The molecule has 138 valence electrons. The Hall–Kier alpha value is -3.36. The van der Waals surface area contributed by atoms with E-state index in [4.69, 9.17) is 14.2 Å². The third-order valence-electron chi connectivity index (χ3n) is 3.48. The number of amides is 1. The highest BCUT2D eigenvalue weighted by Gasteiger charge is 2.23. The summed E-state index contributed by atoms with van der Waals surface area (Å²) in [5.74, 6) is -0.00758. The predicted molar refractivity (Wildman–Crippen MR) is 93.9 cm³/mol. The van der Waals surface area contributed by atoms with Gasteiger partial charge in [-0.1, -0.05) is 0 Å². The molecule has 9 heteroatoms. The molecular weight excluding hydrogens is 342 g/mol. The molecule has 0 unspecified atom stereocenters. The second kappa shape index (κ2) is 8.15. The standard InChI is InChI=1S/C17H19N3O6/c1-10-5-7-14(16(18-10)20(22)23)26-11(2)17(21)19-12-6-8-13(24-3)15(9-12)25-4/h5-9,11H,1-4H3,(H,19,21)/t11-/m0/s1. The Balaban J connectivity index is 2.12. The van der Waals surface area contributed by atoms with Crippen molar-refractivity contribution in [3.63, 3.8) is 0 Å². The number of aromatic nitrogens is 1. The molecular formula is C17H19N3O6. The molecule has 0 saturated carbocycles. The number of benzene rings is 1. The molecule has 0 aliphatic carbocycles. The molecule has 0 saturated heterocycles. The number of rotatable bonds is 7. The number of anilines is 1. The number of pyridine rings is 1. The first kappa shape index (κ1) is 19.0. The number of nitro groups is 1. The minimum Gasteiger partial charge on any atom is -0.493 e. The second-order valence-corrected chi connectivity index (χ2v) is 5.35. The highest BCUT2D eigenvalue weighted by atomic mass is 16.6. The molecule has 2 aromatic rings. The molecule has 26 heavy (non-hydrogen) atoms. The SMILES string of the molecule is COc1ccc(NC(=O)[C@H](C)Oc2ccc(C)nc2[N+](=O)[O-])cc1OC. The fourth-order valence-corrected chi connectivity index (χ4v) is 2.15. The van der Waals surface area contributed by atoms with Gasteiger partial charge in [0.15, 0.2) is 17.6 Å². The number of nitrogens with one attached hydrogen (secondary N) is 1. The zero-order valence-electron chi connectivity index (χ0n) is 14.8. The molecule has 1 N–H and O–H groups in total. The molecule has 0 aliphatic heterocycles. The van der Waals surface area contributed by atoms with Gasteiger partial charge in [-0.25, -0.2) is 0 Å². The van der Waals surface area contributed by atoms with Crippen LogP contribution in [0.15, 0.2) is 30.3 Å². The van der Waals surface area contributed by atoms with Gasteiger partial charge in [-0.3, -0.25) is 4.79 Å². The van der Waals surface area contributed by atoms with Crippen LogP contribution < -0.4 is 19.5 Å². The number of aryl methyl sites for hydroxylation is 1. The van der Waals surface area contributed by atoms with Crippen molar-refractivity contribution in [3.05, 3.63) is 46.1 Å². The van der Waals surface area contributed by atoms with E-state index in [1.165, 1.54) is 27.2 Å². The second-order valence-electron chi connectivity index (χ2n) is 5.35. The Morgan fingerprint density at radius 3 is 2.42 bits per heavy atom. The van der Waals surface area contributed by atoms with Crippen LogP contribution in [0.2, 0.25) is 0 Å². The number of hydrogen-bond donors (Lipinski definition) is 1. The van der Waals surface area contributed by atoms with E-state index in [1.54, 1.807) is 31.2 Å². The highest BCUT2D eigenvalue weighted by molar-refractivity contribution is 5.94. The first-order valence-corrected chi connectivity index (χ1v) is 7.67. The fraction of sp³-hybridized carbons (Fsp3) is 0.294. The molecule has 0 bridgehead atoms. The van der Waals surface area contributed by atoms with Crippen molar-refractivity contribution < 1.29 is 23.9 Å². The van der Waals surface area contributed by atoms with Gasteiger partial charge >= 0.3 is 5.82 Å². The molecule has 1 amide bonds. The summed E-state index contributed by atoms with van der Waals surface area (Å²) in [6.45, 7) is 3.11. The van der Waals surface area contributed by atoms with Gasteiger partial charge in [-0.15, -0.1) is 0 Å². The Morgan fingerprint density at radius 2 is 1.81 bits per heavy atom. The maximum Gasteiger partial charge on any atom is 0.406 e. The van der Waals surface area contributed by atoms with Crippen molar-refractivity contribution in [1.82, 2.24) is 4.98 Å². The van der Waals surface area contributed by atoms with Crippen LogP contribution in [0.4, 0.5) is 11.5 Å².